The van der Waals surface area contributed by atoms with E-state index in [1.54, 1.807) is 17.7 Å². The molecule has 1 aliphatic rings. The van der Waals surface area contributed by atoms with Crippen molar-refractivity contribution in [3.05, 3.63) is 43.0 Å². The number of hydrogen-bond acceptors (Lipinski definition) is 3. The maximum absolute atomic E-state index is 13.9. The fraction of sp³-hybridized carbons (Fsp3) is 0.385. The van der Waals surface area contributed by atoms with Gasteiger partial charge in [0, 0.05) is 18.1 Å². The molecule has 7 heteroatoms. The van der Waals surface area contributed by atoms with Gasteiger partial charge in [-0.15, -0.1) is 0 Å². The van der Waals surface area contributed by atoms with Gasteiger partial charge in [0.25, 0.3) is 0 Å². The van der Waals surface area contributed by atoms with Crippen molar-refractivity contribution in [2.45, 2.75) is 32.9 Å². The zero-order valence-electron chi connectivity index (χ0n) is 10.9. The van der Waals surface area contributed by atoms with Gasteiger partial charge in [0.1, 0.15) is 11.5 Å². The van der Waals surface area contributed by atoms with E-state index in [9.17, 15) is 9.18 Å². The highest BCUT2D eigenvalue weighted by Crippen LogP contribution is 2.25. The highest BCUT2D eigenvalue weighted by molar-refractivity contribution is 7.06. The van der Waals surface area contributed by atoms with Crippen molar-refractivity contribution >= 4 is 28.6 Å². The molecule has 0 saturated heterocycles. The van der Waals surface area contributed by atoms with Crippen molar-refractivity contribution in [3.8, 4) is 0 Å². The summed E-state index contributed by atoms with van der Waals surface area (Å²) in [6, 6.07) is 2.86. The zero-order valence-corrected chi connectivity index (χ0v) is 12.5. The molecule has 0 atom stereocenters. The van der Waals surface area contributed by atoms with Gasteiger partial charge in [-0.05, 0) is 48.8 Å². The molecule has 2 heterocycles. The first-order chi connectivity index (χ1) is 9.56. The predicted octanol–water partition coefficient (Wildman–Crippen LogP) is 2.84. The van der Waals surface area contributed by atoms with Gasteiger partial charge in [-0.2, -0.15) is 0 Å². The number of aromatic nitrogens is 2. The highest BCUT2D eigenvalue weighted by Gasteiger charge is 2.13. The number of hydrogen-bond donors (Lipinski definition) is 0. The Hall–Kier alpha value is -1.40. The van der Waals surface area contributed by atoms with Crippen molar-refractivity contribution in [2.75, 3.05) is 0 Å². The summed E-state index contributed by atoms with van der Waals surface area (Å²) in [5, 5.41) is 0.376. The number of nitrogens with zero attached hydrogens (tertiary/aromatic N) is 3. The monoisotopic (exact) mass is 313 g/mol. The van der Waals surface area contributed by atoms with Crippen molar-refractivity contribution in [1.82, 2.24) is 9.36 Å². The average molecular weight is 314 g/mol. The van der Waals surface area contributed by atoms with Gasteiger partial charge >= 0.3 is 4.87 Å². The SMILES string of the molecule is Cc1cc(N=c2sc(=O)n3n2CCCC3)c(F)cc1Cl. The number of aryl methyl sites for hydroxylation is 1. The first kappa shape index (κ1) is 13.6. The summed E-state index contributed by atoms with van der Waals surface area (Å²) in [4.78, 5) is 16.7. The van der Waals surface area contributed by atoms with Gasteiger partial charge in [-0.25, -0.2) is 14.1 Å². The van der Waals surface area contributed by atoms with Crippen LogP contribution < -0.4 is 9.67 Å². The Morgan fingerprint density at radius 2 is 2.00 bits per heavy atom. The molecule has 0 radical (unpaired) electrons. The lowest BCUT2D eigenvalue weighted by molar-refractivity contribution is 0.345. The minimum absolute atomic E-state index is 0.0467. The third-order valence-electron chi connectivity index (χ3n) is 3.34. The second-order valence-electron chi connectivity index (χ2n) is 4.77. The topological polar surface area (TPSA) is 39.3 Å². The van der Waals surface area contributed by atoms with E-state index >= 15 is 0 Å². The summed E-state index contributed by atoms with van der Waals surface area (Å²) in [5.74, 6) is -0.475. The van der Waals surface area contributed by atoms with Gasteiger partial charge in [-0.3, -0.25) is 9.48 Å². The van der Waals surface area contributed by atoms with Crippen molar-refractivity contribution in [3.63, 3.8) is 0 Å². The number of benzene rings is 1. The normalized spacial score (nSPS) is 15.4. The minimum atomic E-state index is -0.475. The predicted molar refractivity (Wildman–Crippen MR) is 77.2 cm³/mol. The number of rotatable bonds is 1. The van der Waals surface area contributed by atoms with Crippen LogP contribution in [0.4, 0.5) is 10.1 Å². The lowest BCUT2D eigenvalue weighted by Crippen LogP contribution is -2.31. The first-order valence-electron chi connectivity index (χ1n) is 6.37. The Kier molecular flexibility index (Phi) is 3.52. The Labute approximate surface area is 123 Å². The summed E-state index contributed by atoms with van der Waals surface area (Å²) >= 11 is 6.92. The molecule has 2 aromatic rings. The molecular weight excluding hydrogens is 301 g/mol. The molecule has 1 aromatic carbocycles. The number of halogens is 2. The second-order valence-corrected chi connectivity index (χ2v) is 6.09. The van der Waals surface area contributed by atoms with Crippen LogP contribution in [0.2, 0.25) is 5.02 Å². The molecule has 0 bridgehead atoms. The van der Waals surface area contributed by atoms with Crippen LogP contribution in [0.3, 0.4) is 0 Å². The maximum Gasteiger partial charge on any atom is 0.325 e. The second kappa shape index (κ2) is 5.18. The zero-order chi connectivity index (χ0) is 14.3. The van der Waals surface area contributed by atoms with Crippen molar-refractivity contribution < 1.29 is 4.39 Å². The molecule has 1 aliphatic heterocycles. The molecule has 0 N–H and O–H groups in total. The summed E-state index contributed by atoms with van der Waals surface area (Å²) < 4.78 is 17.4. The summed E-state index contributed by atoms with van der Waals surface area (Å²) in [7, 11) is 0. The van der Waals surface area contributed by atoms with E-state index in [0.29, 0.717) is 16.4 Å². The molecule has 0 amide bonds. The molecule has 106 valence electrons. The molecule has 0 saturated carbocycles. The molecule has 0 aliphatic carbocycles. The van der Waals surface area contributed by atoms with Gasteiger partial charge in [0.15, 0.2) is 0 Å². The fourth-order valence-electron chi connectivity index (χ4n) is 2.25. The van der Waals surface area contributed by atoms with E-state index in [2.05, 4.69) is 4.99 Å². The Morgan fingerprint density at radius 1 is 1.30 bits per heavy atom. The lowest BCUT2D eigenvalue weighted by Gasteiger charge is -2.15. The molecule has 20 heavy (non-hydrogen) atoms. The van der Waals surface area contributed by atoms with Crippen molar-refractivity contribution in [2.24, 2.45) is 4.99 Å². The van der Waals surface area contributed by atoms with Gasteiger partial charge < -0.3 is 0 Å². The van der Waals surface area contributed by atoms with Crippen LogP contribution >= 0.6 is 22.9 Å². The number of fused-ring (bicyclic) bond motifs is 1. The van der Waals surface area contributed by atoms with Gasteiger partial charge in [-0.1, -0.05) is 11.6 Å². The summed E-state index contributed by atoms with van der Waals surface area (Å²) in [6.45, 7) is 3.24. The lowest BCUT2D eigenvalue weighted by atomic mass is 10.2. The van der Waals surface area contributed by atoms with Crippen LogP contribution in [0, 0.1) is 12.7 Å². The van der Waals surface area contributed by atoms with Crippen molar-refractivity contribution in [1.29, 1.82) is 0 Å². The minimum Gasteiger partial charge on any atom is -0.256 e. The fourth-order valence-corrected chi connectivity index (χ4v) is 3.29. The van der Waals surface area contributed by atoms with E-state index in [1.165, 1.54) is 6.07 Å². The van der Waals surface area contributed by atoms with Crippen LogP contribution in [0.25, 0.3) is 0 Å². The molecule has 4 nitrogen and oxygen atoms in total. The van der Waals surface area contributed by atoms with E-state index in [1.807, 2.05) is 4.68 Å². The van der Waals surface area contributed by atoms with E-state index in [-0.39, 0.29) is 10.6 Å². The molecule has 3 rings (SSSR count). The molecule has 0 spiro atoms. The van der Waals surface area contributed by atoms with Crippen LogP contribution in [0.5, 0.6) is 0 Å². The Balaban J connectivity index is 2.19. The molecular formula is C13H13ClFN3OS. The standard InChI is InChI=1S/C13H13ClFN3OS/c1-8-6-11(10(15)7-9(8)14)16-12-17-4-2-3-5-18(17)13(19)20-12/h6-7H,2-5H2,1H3. The molecule has 0 unspecified atom stereocenters. The maximum atomic E-state index is 13.9. The summed E-state index contributed by atoms with van der Waals surface area (Å²) in [6.07, 6.45) is 2.00. The quantitative estimate of drug-likeness (QED) is 0.798. The van der Waals surface area contributed by atoms with Crippen LogP contribution in [-0.2, 0) is 13.1 Å². The average Bonchev–Trinajstić information content (AvgIpc) is 2.74. The Morgan fingerprint density at radius 3 is 2.75 bits per heavy atom. The highest BCUT2D eigenvalue weighted by atomic mass is 35.5. The first-order valence-corrected chi connectivity index (χ1v) is 7.57. The smallest absolute Gasteiger partial charge is 0.256 e. The third kappa shape index (κ3) is 2.33. The van der Waals surface area contributed by atoms with E-state index in [0.717, 1.165) is 36.3 Å². The summed E-state index contributed by atoms with van der Waals surface area (Å²) in [5.41, 5.74) is 0.979. The van der Waals surface area contributed by atoms with E-state index in [4.69, 9.17) is 11.6 Å². The third-order valence-corrected chi connectivity index (χ3v) is 4.61. The van der Waals surface area contributed by atoms with Crippen LogP contribution in [-0.4, -0.2) is 9.36 Å². The van der Waals surface area contributed by atoms with Crippen LogP contribution in [0.15, 0.2) is 21.9 Å². The van der Waals surface area contributed by atoms with E-state index < -0.39 is 5.82 Å². The van der Waals surface area contributed by atoms with Crippen LogP contribution in [0.1, 0.15) is 18.4 Å². The van der Waals surface area contributed by atoms with Gasteiger partial charge in [0.2, 0.25) is 4.80 Å². The Bertz CT molecular complexity index is 790. The van der Waals surface area contributed by atoms with Gasteiger partial charge in [0.05, 0.1) is 0 Å². The largest absolute Gasteiger partial charge is 0.325 e. The molecule has 0 fully saturated rings. The molecule has 1 aromatic heterocycles.